The summed E-state index contributed by atoms with van der Waals surface area (Å²) in [6.45, 7) is 5.41. The van der Waals surface area contributed by atoms with E-state index in [4.69, 9.17) is 0 Å². The lowest BCUT2D eigenvalue weighted by atomic mass is 9.97. The van der Waals surface area contributed by atoms with Crippen molar-refractivity contribution >= 4 is 27.3 Å². The van der Waals surface area contributed by atoms with Crippen molar-refractivity contribution in [2.75, 3.05) is 19.6 Å². The predicted octanol–water partition coefficient (Wildman–Crippen LogP) is 4.69. The molecule has 3 aromatic rings. The number of hydrogen-bond acceptors (Lipinski definition) is 5. The fraction of sp³-hybridized carbons (Fsp3) is 0.385. The molecule has 1 aromatic heterocycles. The van der Waals surface area contributed by atoms with E-state index in [1.807, 2.05) is 47.8 Å². The van der Waals surface area contributed by atoms with Gasteiger partial charge in [0, 0.05) is 42.9 Å². The zero-order valence-electron chi connectivity index (χ0n) is 19.6. The third kappa shape index (κ3) is 5.74. The molecule has 0 aliphatic carbocycles. The van der Waals surface area contributed by atoms with Crippen molar-refractivity contribution in [2.45, 2.75) is 43.9 Å². The minimum absolute atomic E-state index is 0.00292. The second kappa shape index (κ2) is 10.8. The van der Waals surface area contributed by atoms with E-state index in [9.17, 15) is 13.2 Å². The van der Waals surface area contributed by atoms with Gasteiger partial charge in [0.1, 0.15) is 5.01 Å². The van der Waals surface area contributed by atoms with E-state index in [1.165, 1.54) is 4.31 Å². The normalized spacial score (nSPS) is 15.5. The molecule has 34 heavy (non-hydrogen) atoms. The van der Waals surface area contributed by atoms with Gasteiger partial charge in [-0.1, -0.05) is 56.3 Å². The zero-order chi connectivity index (χ0) is 24.1. The fourth-order valence-corrected chi connectivity index (χ4v) is 6.46. The van der Waals surface area contributed by atoms with Gasteiger partial charge in [0.25, 0.3) is 0 Å². The van der Waals surface area contributed by atoms with Gasteiger partial charge in [-0.15, -0.1) is 11.3 Å². The number of benzene rings is 2. The van der Waals surface area contributed by atoms with Crippen LogP contribution < -0.4 is 5.32 Å². The van der Waals surface area contributed by atoms with Gasteiger partial charge in [0.2, 0.25) is 15.9 Å². The molecule has 1 aliphatic heterocycles. The number of nitrogens with zero attached hydrogens (tertiary/aromatic N) is 2. The van der Waals surface area contributed by atoms with Gasteiger partial charge in [-0.25, -0.2) is 13.4 Å². The predicted molar refractivity (Wildman–Crippen MR) is 136 cm³/mol. The summed E-state index contributed by atoms with van der Waals surface area (Å²) < 4.78 is 27.5. The number of thiazole rings is 1. The Kier molecular flexibility index (Phi) is 7.80. The van der Waals surface area contributed by atoms with E-state index in [0.717, 1.165) is 21.8 Å². The summed E-state index contributed by atoms with van der Waals surface area (Å²) in [6.07, 6.45) is 1.74. The molecule has 0 atom stereocenters. The Labute approximate surface area is 206 Å². The molecule has 0 spiro atoms. The quantitative estimate of drug-likeness (QED) is 0.490. The molecule has 1 aliphatic rings. The standard InChI is InChI=1S/C26H31N3O3S2/c1-19(2)20-8-10-24(11-9-20)34(31,32)29-16-13-21(14-17-29)25(30)27-15-12-23-18-33-26(28-23)22-6-4-3-5-7-22/h3-11,18-19,21H,12-17H2,1-2H3,(H,27,30). The monoisotopic (exact) mass is 497 g/mol. The van der Waals surface area contributed by atoms with Crippen molar-refractivity contribution in [2.24, 2.45) is 5.92 Å². The molecule has 1 N–H and O–H groups in total. The number of carbonyl (C=O) groups excluding carboxylic acids is 1. The van der Waals surface area contributed by atoms with Gasteiger partial charge in [0.05, 0.1) is 10.6 Å². The Bertz CT molecular complexity index is 1200. The SMILES string of the molecule is CC(C)c1ccc(S(=O)(=O)N2CCC(C(=O)NCCc3csc(-c4ccccc4)n3)CC2)cc1. The van der Waals surface area contributed by atoms with Crippen LogP contribution in [0.3, 0.4) is 0 Å². The summed E-state index contributed by atoms with van der Waals surface area (Å²) in [5.41, 5.74) is 3.18. The molecule has 2 heterocycles. The van der Waals surface area contributed by atoms with E-state index in [0.29, 0.717) is 49.7 Å². The van der Waals surface area contributed by atoms with Gasteiger partial charge >= 0.3 is 0 Å². The second-order valence-corrected chi connectivity index (χ2v) is 11.7. The van der Waals surface area contributed by atoms with Gasteiger partial charge in [-0.3, -0.25) is 4.79 Å². The van der Waals surface area contributed by atoms with Crippen molar-refractivity contribution in [3.8, 4) is 10.6 Å². The molecule has 8 heteroatoms. The van der Waals surface area contributed by atoms with Gasteiger partial charge in [-0.2, -0.15) is 4.31 Å². The molecular weight excluding hydrogens is 466 g/mol. The number of aromatic nitrogens is 1. The molecule has 0 saturated carbocycles. The summed E-state index contributed by atoms with van der Waals surface area (Å²) >= 11 is 1.61. The first kappa shape index (κ1) is 24.6. The maximum Gasteiger partial charge on any atom is 0.243 e. The van der Waals surface area contributed by atoms with Crippen molar-refractivity contribution < 1.29 is 13.2 Å². The minimum Gasteiger partial charge on any atom is -0.355 e. The zero-order valence-corrected chi connectivity index (χ0v) is 21.2. The lowest BCUT2D eigenvalue weighted by molar-refractivity contribution is -0.126. The highest BCUT2D eigenvalue weighted by Gasteiger charge is 2.32. The highest BCUT2D eigenvalue weighted by molar-refractivity contribution is 7.89. The van der Waals surface area contributed by atoms with Crippen LogP contribution in [0.15, 0.2) is 64.9 Å². The third-order valence-electron chi connectivity index (χ3n) is 6.26. The van der Waals surface area contributed by atoms with Crippen LogP contribution in [0.4, 0.5) is 0 Å². The summed E-state index contributed by atoms with van der Waals surface area (Å²) in [6, 6.07) is 17.2. The molecule has 0 bridgehead atoms. The van der Waals surface area contributed by atoms with Crippen molar-refractivity contribution in [1.29, 1.82) is 0 Å². The molecule has 180 valence electrons. The van der Waals surface area contributed by atoms with Gasteiger partial charge < -0.3 is 5.32 Å². The highest BCUT2D eigenvalue weighted by atomic mass is 32.2. The smallest absolute Gasteiger partial charge is 0.243 e. The average Bonchev–Trinajstić information content (AvgIpc) is 3.33. The fourth-order valence-electron chi connectivity index (χ4n) is 4.13. The summed E-state index contributed by atoms with van der Waals surface area (Å²) in [5, 5.41) is 6.02. The van der Waals surface area contributed by atoms with Gasteiger partial charge in [0.15, 0.2) is 0 Å². The molecule has 6 nitrogen and oxygen atoms in total. The topological polar surface area (TPSA) is 79.4 Å². The van der Waals surface area contributed by atoms with Crippen LogP contribution >= 0.6 is 11.3 Å². The number of amides is 1. The Morgan fingerprint density at radius 1 is 1.09 bits per heavy atom. The van der Waals surface area contributed by atoms with Crippen LogP contribution in [0, 0.1) is 5.92 Å². The number of hydrogen-bond donors (Lipinski definition) is 1. The minimum atomic E-state index is -3.53. The van der Waals surface area contributed by atoms with E-state index < -0.39 is 10.0 Å². The first-order valence-electron chi connectivity index (χ1n) is 11.7. The Balaban J connectivity index is 1.25. The van der Waals surface area contributed by atoms with Crippen molar-refractivity contribution in [1.82, 2.24) is 14.6 Å². The first-order chi connectivity index (χ1) is 16.3. The van der Waals surface area contributed by atoms with Crippen LogP contribution in [-0.4, -0.2) is 43.2 Å². The molecule has 1 amide bonds. The lowest BCUT2D eigenvalue weighted by Crippen LogP contribution is -2.43. The molecule has 1 fully saturated rings. The largest absolute Gasteiger partial charge is 0.355 e. The second-order valence-electron chi connectivity index (χ2n) is 8.95. The third-order valence-corrected chi connectivity index (χ3v) is 9.12. The number of sulfonamides is 1. The first-order valence-corrected chi connectivity index (χ1v) is 14.0. The van der Waals surface area contributed by atoms with Crippen LogP contribution in [-0.2, 0) is 21.2 Å². The molecule has 1 saturated heterocycles. The van der Waals surface area contributed by atoms with Crippen LogP contribution in [0.1, 0.15) is 43.9 Å². The maximum atomic E-state index is 13.0. The summed E-state index contributed by atoms with van der Waals surface area (Å²) in [5.74, 6) is 0.189. The van der Waals surface area contributed by atoms with E-state index in [1.54, 1.807) is 23.5 Å². The summed E-state index contributed by atoms with van der Waals surface area (Å²) in [7, 11) is -3.53. The molecule has 0 radical (unpaired) electrons. The van der Waals surface area contributed by atoms with Crippen LogP contribution in [0.5, 0.6) is 0 Å². The van der Waals surface area contributed by atoms with Crippen LogP contribution in [0.25, 0.3) is 10.6 Å². The molecular formula is C26H31N3O3S2. The van der Waals surface area contributed by atoms with E-state index in [-0.39, 0.29) is 11.8 Å². The molecule has 2 aromatic carbocycles. The number of carbonyl (C=O) groups is 1. The maximum absolute atomic E-state index is 13.0. The van der Waals surface area contributed by atoms with E-state index in [2.05, 4.69) is 24.1 Å². The Morgan fingerprint density at radius 2 is 1.76 bits per heavy atom. The van der Waals surface area contributed by atoms with E-state index >= 15 is 0 Å². The van der Waals surface area contributed by atoms with Crippen molar-refractivity contribution in [3.63, 3.8) is 0 Å². The lowest BCUT2D eigenvalue weighted by Gasteiger charge is -2.30. The average molecular weight is 498 g/mol. The molecule has 4 rings (SSSR count). The molecule has 0 unspecified atom stereocenters. The summed E-state index contributed by atoms with van der Waals surface area (Å²) in [4.78, 5) is 17.6. The van der Waals surface area contributed by atoms with Crippen molar-refractivity contribution in [3.05, 3.63) is 71.2 Å². The Hall–Kier alpha value is -2.55. The highest BCUT2D eigenvalue weighted by Crippen LogP contribution is 2.26. The van der Waals surface area contributed by atoms with Crippen LogP contribution in [0.2, 0.25) is 0 Å². The number of piperidine rings is 1. The Morgan fingerprint density at radius 3 is 2.41 bits per heavy atom. The number of nitrogens with one attached hydrogen (secondary N) is 1. The number of rotatable bonds is 8. The van der Waals surface area contributed by atoms with Gasteiger partial charge in [-0.05, 0) is 36.5 Å².